The van der Waals surface area contributed by atoms with E-state index >= 15 is 0 Å². The van der Waals surface area contributed by atoms with Gasteiger partial charge in [-0.2, -0.15) is 0 Å². The second kappa shape index (κ2) is 6.62. The lowest BCUT2D eigenvalue weighted by Gasteiger charge is -2.25. The van der Waals surface area contributed by atoms with E-state index in [1.165, 1.54) is 0 Å². The summed E-state index contributed by atoms with van der Waals surface area (Å²) in [5, 5.41) is 0. The van der Waals surface area contributed by atoms with Crippen molar-refractivity contribution in [2.24, 2.45) is 0 Å². The van der Waals surface area contributed by atoms with Crippen molar-refractivity contribution < 1.29 is 9.47 Å². The Labute approximate surface area is 69.9 Å². The van der Waals surface area contributed by atoms with Gasteiger partial charge in [-0.15, -0.1) is 0 Å². The van der Waals surface area contributed by atoms with Crippen LogP contribution in [0.4, 0.5) is 0 Å². The van der Waals surface area contributed by atoms with Crippen LogP contribution in [0.15, 0.2) is 0 Å². The molecule has 0 amide bonds. The predicted molar refractivity (Wildman–Crippen MR) is 46.8 cm³/mol. The smallest absolute Gasteiger partial charge is 0.0617 e. The maximum Gasteiger partial charge on any atom is 0.0617 e. The summed E-state index contributed by atoms with van der Waals surface area (Å²) in [7, 11) is 1.77. The first-order valence-electron chi connectivity index (χ1n) is 4.47. The summed E-state index contributed by atoms with van der Waals surface area (Å²) in [6.07, 6.45) is 2.94. The highest BCUT2D eigenvalue weighted by Crippen LogP contribution is 2.14. The molecule has 0 aromatic heterocycles. The van der Waals surface area contributed by atoms with E-state index in [2.05, 4.69) is 6.92 Å². The zero-order valence-electron chi connectivity index (χ0n) is 8.09. The molecule has 0 aromatic rings. The maximum absolute atomic E-state index is 5.33. The molecule has 0 aliphatic carbocycles. The molecule has 2 unspecified atom stereocenters. The minimum absolute atomic E-state index is 0.392. The van der Waals surface area contributed by atoms with Crippen molar-refractivity contribution in [1.29, 1.82) is 0 Å². The summed E-state index contributed by atoms with van der Waals surface area (Å²) in [4.78, 5) is 0. The molecule has 0 N–H and O–H groups in total. The fraction of sp³-hybridized carbons (Fsp3) is 1.00. The van der Waals surface area contributed by atoms with Crippen molar-refractivity contribution in [3.63, 3.8) is 0 Å². The molecule has 2 heteroatoms. The molecular formula is C9H20O2. The van der Waals surface area contributed by atoms with Crippen LogP contribution < -0.4 is 0 Å². The molecule has 1 fully saturated rings. The second-order valence-electron chi connectivity index (χ2n) is 2.56. The Morgan fingerprint density at radius 1 is 1.36 bits per heavy atom. The van der Waals surface area contributed by atoms with Crippen molar-refractivity contribution in [3.8, 4) is 0 Å². The van der Waals surface area contributed by atoms with Crippen LogP contribution in [0.25, 0.3) is 0 Å². The first kappa shape index (κ1) is 10.9. The van der Waals surface area contributed by atoms with Crippen LogP contribution in [0, 0.1) is 0 Å². The van der Waals surface area contributed by atoms with E-state index in [0.717, 1.165) is 19.4 Å². The molecule has 11 heavy (non-hydrogen) atoms. The lowest BCUT2D eigenvalue weighted by Crippen LogP contribution is -2.27. The molecule has 0 spiro atoms. The van der Waals surface area contributed by atoms with Gasteiger partial charge < -0.3 is 9.47 Å². The van der Waals surface area contributed by atoms with Gasteiger partial charge in [0.15, 0.2) is 0 Å². The van der Waals surface area contributed by atoms with E-state index in [1.807, 2.05) is 13.8 Å². The van der Waals surface area contributed by atoms with Crippen molar-refractivity contribution in [3.05, 3.63) is 0 Å². The molecule has 1 saturated heterocycles. The third kappa shape index (κ3) is 4.38. The molecule has 1 aliphatic rings. The number of rotatable bonds is 1. The van der Waals surface area contributed by atoms with Gasteiger partial charge in [0.2, 0.25) is 0 Å². The van der Waals surface area contributed by atoms with Gasteiger partial charge >= 0.3 is 0 Å². The van der Waals surface area contributed by atoms with Gasteiger partial charge in [-0.25, -0.2) is 0 Å². The van der Waals surface area contributed by atoms with Crippen LogP contribution in [0.5, 0.6) is 0 Å². The molecule has 0 bridgehead atoms. The summed E-state index contributed by atoms with van der Waals surface area (Å²) < 4.78 is 10.5. The van der Waals surface area contributed by atoms with E-state index < -0.39 is 0 Å². The fourth-order valence-electron chi connectivity index (χ4n) is 1.17. The molecule has 0 radical (unpaired) electrons. The first-order valence-corrected chi connectivity index (χ1v) is 4.47. The maximum atomic E-state index is 5.33. The fourth-order valence-corrected chi connectivity index (χ4v) is 1.17. The van der Waals surface area contributed by atoms with E-state index in [1.54, 1.807) is 7.11 Å². The molecule has 1 aliphatic heterocycles. The van der Waals surface area contributed by atoms with Gasteiger partial charge in [0.1, 0.15) is 0 Å². The zero-order chi connectivity index (χ0) is 8.69. The lowest BCUT2D eigenvalue weighted by atomic mass is 10.1. The Morgan fingerprint density at radius 2 is 2.00 bits per heavy atom. The SMILES string of the molecule is CC.COC1CCOC(C)C1. The van der Waals surface area contributed by atoms with Crippen molar-refractivity contribution >= 4 is 0 Å². The Bertz CT molecular complexity index is 83.6. The highest BCUT2D eigenvalue weighted by molar-refractivity contribution is 4.67. The molecule has 2 atom stereocenters. The van der Waals surface area contributed by atoms with Crippen LogP contribution >= 0.6 is 0 Å². The Hall–Kier alpha value is -0.0800. The second-order valence-corrected chi connectivity index (χ2v) is 2.56. The Balaban J connectivity index is 0.000000461. The third-order valence-corrected chi connectivity index (χ3v) is 1.77. The topological polar surface area (TPSA) is 18.5 Å². The van der Waals surface area contributed by atoms with Gasteiger partial charge in [0, 0.05) is 13.7 Å². The van der Waals surface area contributed by atoms with Crippen molar-refractivity contribution in [2.75, 3.05) is 13.7 Å². The minimum atomic E-state index is 0.392. The predicted octanol–water partition coefficient (Wildman–Crippen LogP) is 2.23. The first-order chi connectivity index (χ1) is 5.33. The summed E-state index contributed by atoms with van der Waals surface area (Å²) in [6, 6.07) is 0. The van der Waals surface area contributed by atoms with E-state index in [4.69, 9.17) is 9.47 Å². The quantitative estimate of drug-likeness (QED) is 0.585. The molecule has 1 rings (SSSR count). The molecule has 2 nitrogen and oxygen atoms in total. The third-order valence-electron chi connectivity index (χ3n) is 1.77. The summed E-state index contributed by atoms with van der Waals surface area (Å²) in [5.74, 6) is 0. The van der Waals surface area contributed by atoms with Crippen LogP contribution in [-0.4, -0.2) is 25.9 Å². The molecular weight excluding hydrogens is 140 g/mol. The summed E-state index contributed by atoms with van der Waals surface area (Å²) >= 11 is 0. The van der Waals surface area contributed by atoms with Crippen LogP contribution in [0.3, 0.4) is 0 Å². The highest BCUT2D eigenvalue weighted by atomic mass is 16.5. The highest BCUT2D eigenvalue weighted by Gasteiger charge is 2.17. The molecule has 68 valence electrons. The van der Waals surface area contributed by atoms with Crippen LogP contribution in [0.2, 0.25) is 0 Å². The van der Waals surface area contributed by atoms with E-state index in [-0.39, 0.29) is 0 Å². The number of ether oxygens (including phenoxy) is 2. The van der Waals surface area contributed by atoms with Gasteiger partial charge in [0.05, 0.1) is 12.2 Å². The van der Waals surface area contributed by atoms with Crippen molar-refractivity contribution in [1.82, 2.24) is 0 Å². The Morgan fingerprint density at radius 3 is 2.36 bits per heavy atom. The van der Waals surface area contributed by atoms with E-state index in [0.29, 0.717) is 12.2 Å². The van der Waals surface area contributed by atoms with Crippen LogP contribution in [-0.2, 0) is 9.47 Å². The lowest BCUT2D eigenvalue weighted by molar-refractivity contribution is -0.0503. The number of hydrogen-bond acceptors (Lipinski definition) is 2. The molecule has 1 heterocycles. The van der Waals surface area contributed by atoms with Gasteiger partial charge in [-0.3, -0.25) is 0 Å². The molecule has 0 aromatic carbocycles. The number of hydrogen-bond donors (Lipinski definition) is 0. The van der Waals surface area contributed by atoms with Crippen molar-refractivity contribution in [2.45, 2.75) is 45.8 Å². The van der Waals surface area contributed by atoms with Gasteiger partial charge in [-0.05, 0) is 19.8 Å². The minimum Gasteiger partial charge on any atom is -0.381 e. The average molecular weight is 160 g/mol. The standard InChI is InChI=1S/C7H14O2.C2H6/c1-6-5-7(8-2)3-4-9-6;1-2/h6-7H,3-5H2,1-2H3;1-2H3. The van der Waals surface area contributed by atoms with Gasteiger partial charge in [0.25, 0.3) is 0 Å². The van der Waals surface area contributed by atoms with Crippen LogP contribution in [0.1, 0.15) is 33.6 Å². The molecule has 0 saturated carbocycles. The summed E-state index contributed by atoms with van der Waals surface area (Å²) in [6.45, 7) is 6.95. The normalized spacial score (nSPS) is 30.5. The Kier molecular flexibility index (Phi) is 6.57. The number of methoxy groups -OCH3 is 1. The van der Waals surface area contributed by atoms with Gasteiger partial charge in [-0.1, -0.05) is 13.8 Å². The average Bonchev–Trinajstić information content (AvgIpc) is 2.08. The summed E-state index contributed by atoms with van der Waals surface area (Å²) in [5.41, 5.74) is 0. The monoisotopic (exact) mass is 160 g/mol. The van der Waals surface area contributed by atoms with E-state index in [9.17, 15) is 0 Å². The zero-order valence-corrected chi connectivity index (χ0v) is 8.09. The largest absolute Gasteiger partial charge is 0.381 e.